The Bertz CT molecular complexity index is 551. The lowest BCUT2D eigenvalue weighted by molar-refractivity contribution is -0.0733. The second-order valence-corrected chi connectivity index (χ2v) is 7.58. The highest BCUT2D eigenvalue weighted by Gasteiger charge is 2.56. The predicted molar refractivity (Wildman–Crippen MR) is 84.4 cm³/mol. The van der Waals surface area contributed by atoms with Crippen LogP contribution in [0.25, 0.3) is 0 Å². The average molecular weight is 303 g/mol. The van der Waals surface area contributed by atoms with Crippen LogP contribution in [0.3, 0.4) is 0 Å². The van der Waals surface area contributed by atoms with E-state index >= 15 is 0 Å². The minimum absolute atomic E-state index is 0.00660. The molecule has 1 unspecified atom stereocenters. The molecule has 1 aliphatic heterocycles. The Labute approximate surface area is 132 Å². The number of amides is 1. The molecule has 1 heterocycles. The maximum Gasteiger partial charge on any atom is 0.256 e. The molecule has 120 valence electrons. The largest absolute Gasteiger partial charge is 0.393 e. The van der Waals surface area contributed by atoms with Crippen molar-refractivity contribution in [3.8, 4) is 0 Å². The normalized spacial score (nSPS) is 31.9. The maximum atomic E-state index is 13.1. The van der Waals surface area contributed by atoms with E-state index in [1.54, 1.807) is 0 Å². The second kappa shape index (κ2) is 5.36. The van der Waals surface area contributed by atoms with Gasteiger partial charge in [0.2, 0.25) is 0 Å². The first-order valence-corrected chi connectivity index (χ1v) is 8.04. The van der Waals surface area contributed by atoms with Gasteiger partial charge in [-0.3, -0.25) is 4.79 Å². The van der Waals surface area contributed by atoms with Crippen molar-refractivity contribution < 1.29 is 14.6 Å². The third-order valence-electron chi connectivity index (χ3n) is 4.92. The highest BCUT2D eigenvalue weighted by molar-refractivity contribution is 5.95. The van der Waals surface area contributed by atoms with Gasteiger partial charge in [-0.25, -0.2) is 0 Å². The third-order valence-corrected chi connectivity index (χ3v) is 4.92. The summed E-state index contributed by atoms with van der Waals surface area (Å²) in [4.78, 5) is 15.1. The lowest BCUT2D eigenvalue weighted by atomic mass is 9.85. The Balaban J connectivity index is 1.99. The number of hydrogen-bond donors (Lipinski definition) is 1. The summed E-state index contributed by atoms with van der Waals surface area (Å²) in [7, 11) is 0. The summed E-state index contributed by atoms with van der Waals surface area (Å²) in [6, 6.07) is 9.39. The van der Waals surface area contributed by atoms with Gasteiger partial charge in [0.05, 0.1) is 18.8 Å². The molecule has 4 nitrogen and oxygen atoms in total. The molecule has 3 rings (SSSR count). The number of carbonyl (C=O) groups excluding carboxylic acids is 1. The zero-order valence-corrected chi connectivity index (χ0v) is 13.6. The molecule has 1 amide bonds. The zero-order chi connectivity index (χ0) is 16.0. The van der Waals surface area contributed by atoms with Gasteiger partial charge in [0.15, 0.2) is 0 Å². The molecule has 1 aromatic carbocycles. The zero-order valence-electron chi connectivity index (χ0n) is 13.6. The fourth-order valence-corrected chi connectivity index (χ4v) is 3.66. The Hall–Kier alpha value is -1.39. The van der Waals surface area contributed by atoms with Crippen molar-refractivity contribution in [3.63, 3.8) is 0 Å². The molecule has 1 N–H and O–H groups in total. The Morgan fingerprint density at radius 3 is 2.55 bits per heavy atom. The van der Waals surface area contributed by atoms with E-state index in [2.05, 4.69) is 20.8 Å². The van der Waals surface area contributed by atoms with Crippen LogP contribution in [0.5, 0.6) is 0 Å². The molecular weight excluding hydrogens is 278 g/mol. The molecule has 4 heteroatoms. The van der Waals surface area contributed by atoms with E-state index in [1.165, 1.54) is 0 Å². The molecule has 2 aliphatic rings. The first-order chi connectivity index (χ1) is 10.3. The molecule has 0 aromatic heterocycles. The highest BCUT2D eigenvalue weighted by Crippen LogP contribution is 2.46. The first kappa shape index (κ1) is 15.5. The van der Waals surface area contributed by atoms with Crippen molar-refractivity contribution in [1.29, 1.82) is 0 Å². The summed E-state index contributed by atoms with van der Waals surface area (Å²) < 4.78 is 6.11. The monoisotopic (exact) mass is 303 g/mol. The van der Waals surface area contributed by atoms with Crippen molar-refractivity contribution in [2.24, 2.45) is 5.41 Å². The van der Waals surface area contributed by atoms with E-state index in [0.717, 1.165) is 0 Å². The standard InChI is InChI=1S/C18H25NO3/c1-17(2,3)15-12-22-18(10-9-14(20)11-18)19(15)16(21)13-7-5-4-6-8-13/h4-8,14-15,20H,9-12H2,1-3H3/t14-,15-,18?/m1/s1. The minimum Gasteiger partial charge on any atom is -0.393 e. The van der Waals surface area contributed by atoms with Crippen LogP contribution in [-0.2, 0) is 4.74 Å². The van der Waals surface area contributed by atoms with Gasteiger partial charge in [0.1, 0.15) is 5.72 Å². The fourth-order valence-electron chi connectivity index (χ4n) is 3.66. The quantitative estimate of drug-likeness (QED) is 0.868. The summed E-state index contributed by atoms with van der Waals surface area (Å²) >= 11 is 0. The van der Waals surface area contributed by atoms with Gasteiger partial charge in [0, 0.05) is 12.0 Å². The van der Waals surface area contributed by atoms with Crippen LogP contribution >= 0.6 is 0 Å². The van der Waals surface area contributed by atoms with Gasteiger partial charge in [-0.2, -0.15) is 0 Å². The minimum atomic E-state index is -0.635. The molecule has 1 spiro atoms. The number of carbonyl (C=O) groups is 1. The van der Waals surface area contributed by atoms with Gasteiger partial charge in [0.25, 0.3) is 5.91 Å². The van der Waals surface area contributed by atoms with Crippen molar-refractivity contribution >= 4 is 5.91 Å². The second-order valence-electron chi connectivity index (χ2n) is 7.58. The van der Waals surface area contributed by atoms with Crippen molar-refractivity contribution in [3.05, 3.63) is 35.9 Å². The number of rotatable bonds is 1. The van der Waals surface area contributed by atoms with E-state index in [-0.39, 0.29) is 23.5 Å². The maximum absolute atomic E-state index is 13.1. The first-order valence-electron chi connectivity index (χ1n) is 8.04. The predicted octanol–water partition coefficient (Wildman–Crippen LogP) is 2.81. The number of aliphatic hydroxyl groups excluding tert-OH is 1. The summed E-state index contributed by atoms with van der Waals surface area (Å²) in [5, 5.41) is 10.00. The fraction of sp³-hybridized carbons (Fsp3) is 0.611. The SMILES string of the molecule is CC(C)(C)[C@H]1COC2(CC[C@@H](O)C2)N1C(=O)c1ccccc1. The molecular formula is C18H25NO3. The van der Waals surface area contributed by atoms with E-state index in [9.17, 15) is 9.90 Å². The van der Waals surface area contributed by atoms with Gasteiger partial charge < -0.3 is 14.7 Å². The Morgan fingerprint density at radius 1 is 1.32 bits per heavy atom. The van der Waals surface area contributed by atoms with E-state index in [4.69, 9.17) is 4.74 Å². The molecule has 1 saturated heterocycles. The molecule has 2 fully saturated rings. The van der Waals surface area contributed by atoms with E-state index in [0.29, 0.717) is 31.4 Å². The number of nitrogens with zero attached hydrogens (tertiary/aromatic N) is 1. The number of ether oxygens (including phenoxy) is 1. The molecule has 3 atom stereocenters. The van der Waals surface area contributed by atoms with Crippen LogP contribution in [0.15, 0.2) is 30.3 Å². The summed E-state index contributed by atoms with van der Waals surface area (Å²) in [6.45, 7) is 6.94. The van der Waals surface area contributed by atoms with Crippen molar-refractivity contribution in [1.82, 2.24) is 4.90 Å². The number of benzene rings is 1. The summed E-state index contributed by atoms with van der Waals surface area (Å²) in [6.07, 6.45) is 1.53. The van der Waals surface area contributed by atoms with Crippen molar-refractivity contribution in [2.45, 2.75) is 57.9 Å². The summed E-state index contributed by atoms with van der Waals surface area (Å²) in [5.41, 5.74) is -0.0193. The third kappa shape index (κ3) is 2.55. The topological polar surface area (TPSA) is 49.8 Å². The van der Waals surface area contributed by atoms with Crippen LogP contribution in [0, 0.1) is 5.41 Å². The van der Waals surface area contributed by atoms with Gasteiger partial charge in [-0.05, 0) is 30.4 Å². The van der Waals surface area contributed by atoms with E-state index in [1.807, 2.05) is 35.2 Å². The van der Waals surface area contributed by atoms with Crippen LogP contribution in [0.1, 0.15) is 50.4 Å². The molecule has 1 aromatic rings. The molecule has 0 bridgehead atoms. The Morgan fingerprint density at radius 2 is 2.00 bits per heavy atom. The van der Waals surface area contributed by atoms with Crippen LogP contribution < -0.4 is 0 Å². The lowest BCUT2D eigenvalue weighted by Crippen LogP contribution is -2.54. The van der Waals surface area contributed by atoms with Crippen LogP contribution in [0.2, 0.25) is 0 Å². The summed E-state index contributed by atoms with van der Waals surface area (Å²) in [5.74, 6) is 0.00660. The van der Waals surface area contributed by atoms with Crippen molar-refractivity contribution in [2.75, 3.05) is 6.61 Å². The van der Waals surface area contributed by atoms with Crippen LogP contribution in [-0.4, -0.2) is 40.4 Å². The van der Waals surface area contributed by atoms with E-state index < -0.39 is 5.72 Å². The lowest BCUT2D eigenvalue weighted by Gasteiger charge is -2.41. The number of aliphatic hydroxyl groups is 1. The van der Waals surface area contributed by atoms with Gasteiger partial charge in [-0.15, -0.1) is 0 Å². The number of hydrogen-bond acceptors (Lipinski definition) is 3. The molecule has 1 aliphatic carbocycles. The molecule has 1 saturated carbocycles. The van der Waals surface area contributed by atoms with Crippen LogP contribution in [0.4, 0.5) is 0 Å². The smallest absolute Gasteiger partial charge is 0.256 e. The van der Waals surface area contributed by atoms with Gasteiger partial charge in [-0.1, -0.05) is 39.0 Å². The average Bonchev–Trinajstić information content (AvgIpc) is 3.03. The molecule has 0 radical (unpaired) electrons. The Kier molecular flexibility index (Phi) is 3.77. The van der Waals surface area contributed by atoms with Gasteiger partial charge >= 0.3 is 0 Å². The highest BCUT2D eigenvalue weighted by atomic mass is 16.5. The molecule has 22 heavy (non-hydrogen) atoms.